The van der Waals surface area contributed by atoms with Gasteiger partial charge in [-0.2, -0.15) is 13.2 Å². The molecule has 130 valence electrons. The third-order valence-electron chi connectivity index (χ3n) is 3.85. The smallest absolute Gasteiger partial charge is 0.333 e. The van der Waals surface area contributed by atoms with Gasteiger partial charge < -0.3 is 9.47 Å². The number of rotatable bonds is 3. The van der Waals surface area contributed by atoms with Crippen molar-refractivity contribution in [1.82, 2.24) is 34.7 Å². The van der Waals surface area contributed by atoms with Crippen molar-refractivity contribution >= 4 is 5.91 Å². The van der Waals surface area contributed by atoms with Crippen molar-refractivity contribution in [3.8, 4) is 0 Å². The molecular formula is C13H16F3N7O. The molecule has 0 saturated carbocycles. The Morgan fingerprint density at radius 3 is 2.75 bits per heavy atom. The maximum Gasteiger partial charge on any atom is 0.449 e. The van der Waals surface area contributed by atoms with E-state index < -0.39 is 12.0 Å². The van der Waals surface area contributed by atoms with Gasteiger partial charge in [0.05, 0.1) is 18.4 Å². The van der Waals surface area contributed by atoms with Crippen molar-refractivity contribution < 1.29 is 18.0 Å². The molecule has 1 amide bonds. The van der Waals surface area contributed by atoms with E-state index in [0.717, 1.165) is 4.57 Å². The van der Waals surface area contributed by atoms with E-state index in [0.29, 0.717) is 11.5 Å². The van der Waals surface area contributed by atoms with Gasteiger partial charge in [-0.25, -0.2) is 9.67 Å². The molecule has 0 unspecified atom stereocenters. The van der Waals surface area contributed by atoms with Crippen molar-refractivity contribution in [2.24, 2.45) is 0 Å². The largest absolute Gasteiger partial charge is 0.449 e. The van der Waals surface area contributed by atoms with Gasteiger partial charge in [-0.05, 0) is 10.4 Å². The Balaban J connectivity index is 1.73. The summed E-state index contributed by atoms with van der Waals surface area (Å²) in [5.74, 6) is -0.521. The molecule has 3 heterocycles. The lowest BCUT2D eigenvalue weighted by molar-refractivity contribution is -0.148. The molecule has 8 nitrogen and oxygen atoms in total. The normalized spacial score (nSPS) is 15.0. The van der Waals surface area contributed by atoms with Crippen LogP contribution in [0.2, 0.25) is 0 Å². The Morgan fingerprint density at radius 1 is 1.33 bits per heavy atom. The fraction of sp³-hybridized carbons (Fsp3) is 0.615. The molecule has 24 heavy (non-hydrogen) atoms. The summed E-state index contributed by atoms with van der Waals surface area (Å²) in [5, 5.41) is 11.2. The van der Waals surface area contributed by atoms with E-state index in [-0.39, 0.29) is 38.0 Å². The molecule has 0 aliphatic carbocycles. The molecule has 2 aromatic rings. The van der Waals surface area contributed by atoms with Crippen LogP contribution < -0.4 is 0 Å². The number of imidazole rings is 1. The van der Waals surface area contributed by atoms with Gasteiger partial charge in [0.15, 0.2) is 5.82 Å². The molecule has 2 aromatic heterocycles. The minimum absolute atomic E-state index is 0.0409. The second-order valence-corrected chi connectivity index (χ2v) is 5.89. The SMILES string of the molecule is CC(C)c1nnnn1CC(=O)N1CCn2c(cnc2C(F)(F)F)C1. The van der Waals surface area contributed by atoms with E-state index in [1.54, 1.807) is 0 Å². The highest BCUT2D eigenvalue weighted by Crippen LogP contribution is 2.30. The van der Waals surface area contributed by atoms with Gasteiger partial charge in [0.1, 0.15) is 6.54 Å². The summed E-state index contributed by atoms with van der Waals surface area (Å²) in [4.78, 5) is 17.3. The molecule has 3 rings (SSSR count). The number of aromatic nitrogens is 6. The zero-order valence-electron chi connectivity index (χ0n) is 13.2. The zero-order valence-corrected chi connectivity index (χ0v) is 13.2. The quantitative estimate of drug-likeness (QED) is 0.832. The molecule has 0 N–H and O–H groups in total. The maximum atomic E-state index is 12.8. The summed E-state index contributed by atoms with van der Waals surface area (Å²) in [7, 11) is 0. The fourth-order valence-corrected chi connectivity index (χ4v) is 2.69. The maximum absolute atomic E-state index is 12.8. The van der Waals surface area contributed by atoms with Gasteiger partial charge in [0.25, 0.3) is 0 Å². The first-order chi connectivity index (χ1) is 11.3. The van der Waals surface area contributed by atoms with Gasteiger partial charge in [-0.1, -0.05) is 13.8 Å². The van der Waals surface area contributed by atoms with Crippen LogP contribution in [-0.4, -0.2) is 47.1 Å². The van der Waals surface area contributed by atoms with Crippen molar-refractivity contribution in [3.63, 3.8) is 0 Å². The summed E-state index contributed by atoms with van der Waals surface area (Å²) in [6.07, 6.45) is -3.33. The summed E-state index contributed by atoms with van der Waals surface area (Å²) < 4.78 is 41.1. The number of hydrogen-bond acceptors (Lipinski definition) is 5. The van der Waals surface area contributed by atoms with Crippen LogP contribution in [0.5, 0.6) is 0 Å². The molecule has 0 saturated heterocycles. The van der Waals surface area contributed by atoms with E-state index in [1.807, 2.05) is 13.8 Å². The first kappa shape index (κ1) is 16.4. The van der Waals surface area contributed by atoms with Gasteiger partial charge in [0.2, 0.25) is 11.7 Å². The van der Waals surface area contributed by atoms with Gasteiger partial charge in [-0.15, -0.1) is 5.10 Å². The van der Waals surface area contributed by atoms with Crippen LogP contribution in [0.4, 0.5) is 13.2 Å². The highest BCUT2D eigenvalue weighted by molar-refractivity contribution is 5.76. The number of fused-ring (bicyclic) bond motifs is 1. The topological polar surface area (TPSA) is 81.7 Å². The number of alkyl halides is 3. The minimum atomic E-state index is -4.50. The van der Waals surface area contributed by atoms with Crippen LogP contribution in [0.25, 0.3) is 0 Å². The molecule has 0 radical (unpaired) electrons. The monoisotopic (exact) mass is 343 g/mol. The third-order valence-corrected chi connectivity index (χ3v) is 3.85. The Labute approximate surface area is 135 Å². The summed E-state index contributed by atoms with van der Waals surface area (Å²) in [6.45, 7) is 4.10. The number of nitrogens with zero attached hydrogens (tertiary/aromatic N) is 7. The molecule has 1 aliphatic heterocycles. The van der Waals surface area contributed by atoms with Crippen LogP contribution in [-0.2, 0) is 30.6 Å². The van der Waals surface area contributed by atoms with Crippen LogP contribution in [0.3, 0.4) is 0 Å². The molecular weight excluding hydrogens is 327 g/mol. The average molecular weight is 343 g/mol. The lowest BCUT2D eigenvalue weighted by Crippen LogP contribution is -2.41. The van der Waals surface area contributed by atoms with E-state index in [1.165, 1.54) is 15.8 Å². The highest BCUT2D eigenvalue weighted by Gasteiger charge is 2.38. The Kier molecular flexibility index (Phi) is 4.01. The first-order valence-corrected chi connectivity index (χ1v) is 7.42. The number of tetrazole rings is 1. The summed E-state index contributed by atoms with van der Waals surface area (Å²) in [6, 6.07) is 0. The summed E-state index contributed by atoms with van der Waals surface area (Å²) >= 11 is 0. The molecule has 0 aromatic carbocycles. The molecule has 1 aliphatic rings. The van der Waals surface area contributed by atoms with E-state index >= 15 is 0 Å². The van der Waals surface area contributed by atoms with Crippen LogP contribution in [0.1, 0.15) is 37.1 Å². The summed E-state index contributed by atoms with van der Waals surface area (Å²) in [5.41, 5.74) is 0.364. The number of carbonyl (C=O) groups excluding carboxylic acids is 1. The van der Waals surface area contributed by atoms with Crippen molar-refractivity contribution in [3.05, 3.63) is 23.5 Å². The Hall–Kier alpha value is -2.46. The minimum Gasteiger partial charge on any atom is -0.333 e. The highest BCUT2D eigenvalue weighted by atomic mass is 19.4. The lowest BCUT2D eigenvalue weighted by Gasteiger charge is -2.29. The van der Waals surface area contributed by atoms with Crippen LogP contribution in [0, 0.1) is 0 Å². The van der Waals surface area contributed by atoms with E-state index in [4.69, 9.17) is 0 Å². The second-order valence-electron chi connectivity index (χ2n) is 5.89. The molecule has 0 atom stereocenters. The second kappa shape index (κ2) is 5.87. The predicted molar refractivity (Wildman–Crippen MR) is 74.6 cm³/mol. The number of hydrogen-bond donors (Lipinski definition) is 0. The first-order valence-electron chi connectivity index (χ1n) is 7.42. The Bertz CT molecular complexity index is 749. The van der Waals surface area contributed by atoms with Crippen LogP contribution in [0.15, 0.2) is 6.20 Å². The van der Waals surface area contributed by atoms with Gasteiger partial charge >= 0.3 is 6.18 Å². The van der Waals surface area contributed by atoms with Crippen molar-refractivity contribution in [2.45, 2.75) is 45.6 Å². The zero-order chi connectivity index (χ0) is 17.5. The molecule has 11 heteroatoms. The van der Waals surface area contributed by atoms with Crippen molar-refractivity contribution in [1.29, 1.82) is 0 Å². The number of amides is 1. The fourth-order valence-electron chi connectivity index (χ4n) is 2.69. The molecule has 0 bridgehead atoms. The van der Waals surface area contributed by atoms with Crippen molar-refractivity contribution in [2.75, 3.05) is 6.54 Å². The third kappa shape index (κ3) is 2.97. The van der Waals surface area contributed by atoms with E-state index in [2.05, 4.69) is 20.5 Å². The number of carbonyl (C=O) groups is 1. The average Bonchev–Trinajstić information content (AvgIpc) is 3.11. The Morgan fingerprint density at radius 2 is 2.08 bits per heavy atom. The van der Waals surface area contributed by atoms with Gasteiger partial charge in [0, 0.05) is 19.0 Å². The molecule has 0 fully saturated rings. The van der Waals surface area contributed by atoms with Crippen LogP contribution >= 0.6 is 0 Å². The molecule has 0 spiro atoms. The van der Waals surface area contributed by atoms with Gasteiger partial charge in [-0.3, -0.25) is 4.79 Å². The predicted octanol–water partition coefficient (Wildman–Crippen LogP) is 1.05. The number of halogens is 3. The standard InChI is InChI=1S/C13H16F3N7O/c1-8(2)11-18-19-20-23(11)7-10(24)21-3-4-22-9(6-21)5-17-12(22)13(14,15)16/h5,8H,3-4,6-7H2,1-2H3. The van der Waals surface area contributed by atoms with E-state index in [9.17, 15) is 18.0 Å². The lowest BCUT2D eigenvalue weighted by atomic mass is 10.2.